The number of hydrogen-bond acceptors (Lipinski definition) is 6. The molecule has 2 rings (SSSR count). The van der Waals surface area contributed by atoms with Gasteiger partial charge in [0, 0.05) is 33.5 Å². The number of halogens is 6. The van der Waals surface area contributed by atoms with E-state index in [9.17, 15) is 25.2 Å². The molecule has 128 valence electrons. The summed E-state index contributed by atoms with van der Waals surface area (Å²) in [6.07, 6.45) is 8.60. The molecular formula is C8H17F6N6P-2. The summed E-state index contributed by atoms with van der Waals surface area (Å²) in [6, 6.07) is 0. The van der Waals surface area contributed by atoms with E-state index in [1.165, 1.54) is 0 Å². The molecule has 0 unspecified atom stereocenters. The van der Waals surface area contributed by atoms with Crippen LogP contribution in [0, 0.1) is 6.20 Å². The Hall–Kier alpha value is -1.39. The van der Waals surface area contributed by atoms with Crippen molar-refractivity contribution in [3.05, 3.63) is 24.8 Å². The first kappa shape index (κ1) is 19.6. The fraction of sp³-hybridized carbons (Fsp3) is 0.500. The summed E-state index contributed by atoms with van der Waals surface area (Å²) in [4.78, 5) is 0. The molecule has 0 spiro atoms. The predicted octanol–water partition coefficient (Wildman–Crippen LogP) is 2.69. The molecule has 0 aromatic carbocycles. The van der Waals surface area contributed by atoms with Crippen LogP contribution in [0.5, 0.6) is 0 Å². The van der Waals surface area contributed by atoms with Gasteiger partial charge in [-0.15, -0.1) is 11.7 Å². The van der Waals surface area contributed by atoms with Gasteiger partial charge in [-0.3, -0.25) is 10.0 Å². The summed E-state index contributed by atoms with van der Waals surface area (Å²) < 4.78 is 59.2. The van der Waals surface area contributed by atoms with Gasteiger partial charge in [0.2, 0.25) is 0 Å². The molecule has 2 aliphatic heterocycles. The van der Waals surface area contributed by atoms with Crippen molar-refractivity contribution in [1.29, 1.82) is 0 Å². The van der Waals surface area contributed by atoms with Gasteiger partial charge in [0.15, 0.2) is 0 Å². The van der Waals surface area contributed by atoms with Crippen LogP contribution in [0.15, 0.2) is 18.6 Å². The third kappa shape index (κ3) is 18.6. The van der Waals surface area contributed by atoms with Crippen molar-refractivity contribution in [2.75, 3.05) is 28.2 Å². The Morgan fingerprint density at radius 2 is 1.14 bits per heavy atom. The Morgan fingerprint density at radius 1 is 0.762 bits per heavy atom. The average molecular weight is 342 g/mol. The summed E-state index contributed by atoms with van der Waals surface area (Å²) in [5.74, 6) is 0. The van der Waals surface area contributed by atoms with E-state index in [0.29, 0.717) is 0 Å². The van der Waals surface area contributed by atoms with Crippen molar-refractivity contribution in [3.8, 4) is 0 Å². The Morgan fingerprint density at radius 3 is 1.24 bits per heavy atom. The molecule has 0 saturated carbocycles. The molecule has 2 N–H and O–H groups in total. The molecule has 21 heavy (non-hydrogen) atoms. The van der Waals surface area contributed by atoms with Crippen LogP contribution in [0.2, 0.25) is 0 Å². The number of hydrazine groups is 4. The summed E-state index contributed by atoms with van der Waals surface area (Å²) in [7, 11) is -2.97. The molecule has 0 aromatic heterocycles. The molecule has 0 radical (unpaired) electrons. The summed E-state index contributed by atoms with van der Waals surface area (Å²) in [6.45, 7) is 0. The van der Waals surface area contributed by atoms with Crippen LogP contribution < -0.4 is 11.1 Å². The number of rotatable bonds is 0. The van der Waals surface area contributed by atoms with Crippen LogP contribution in [-0.2, 0) is 0 Å². The zero-order valence-electron chi connectivity index (χ0n) is 11.7. The van der Waals surface area contributed by atoms with Gasteiger partial charge in [-0.1, -0.05) is 0 Å². The first-order valence-corrected chi connectivity index (χ1v) is 7.35. The Balaban J connectivity index is 0.000000286. The van der Waals surface area contributed by atoms with Crippen LogP contribution in [0.25, 0.3) is 0 Å². The fourth-order valence-corrected chi connectivity index (χ4v) is 0.983. The van der Waals surface area contributed by atoms with Crippen LogP contribution >= 0.6 is 7.81 Å². The second kappa shape index (κ2) is 5.78. The molecule has 2 heterocycles. The van der Waals surface area contributed by atoms with Crippen LogP contribution in [0.1, 0.15) is 0 Å². The maximum atomic E-state index is 9.87. The second-order valence-electron chi connectivity index (χ2n) is 4.11. The van der Waals surface area contributed by atoms with Crippen molar-refractivity contribution in [1.82, 2.24) is 31.1 Å². The third-order valence-corrected chi connectivity index (χ3v) is 1.58. The molecule has 0 saturated heterocycles. The average Bonchev–Trinajstić information content (AvgIpc) is 2.71. The van der Waals surface area contributed by atoms with Gasteiger partial charge < -0.3 is 16.2 Å². The van der Waals surface area contributed by atoms with E-state index < -0.39 is 7.81 Å². The molecule has 0 fully saturated rings. The Labute approximate surface area is 118 Å². The van der Waals surface area contributed by atoms with E-state index in [1.807, 2.05) is 61.8 Å². The molecule has 0 aromatic rings. The quantitative estimate of drug-likeness (QED) is 0.401. The molecule has 0 aliphatic carbocycles. The van der Waals surface area contributed by atoms with Crippen molar-refractivity contribution in [2.45, 2.75) is 0 Å². The predicted molar refractivity (Wildman–Crippen MR) is 67.8 cm³/mol. The summed E-state index contributed by atoms with van der Waals surface area (Å²) in [5, 5.41) is 7.32. The first-order valence-electron chi connectivity index (χ1n) is 5.32. The van der Waals surface area contributed by atoms with E-state index in [0.717, 1.165) is 0 Å². The Bertz CT molecular complexity index is 339. The van der Waals surface area contributed by atoms with Crippen LogP contribution in [0.3, 0.4) is 0 Å². The minimum absolute atomic E-state index is 1.75. The van der Waals surface area contributed by atoms with Crippen LogP contribution in [0.4, 0.5) is 25.2 Å². The molecular weight excluding hydrogens is 325 g/mol. The molecule has 6 nitrogen and oxygen atoms in total. The van der Waals surface area contributed by atoms with E-state index in [-0.39, 0.29) is 0 Å². The van der Waals surface area contributed by atoms with Crippen molar-refractivity contribution >= 4 is 7.81 Å². The van der Waals surface area contributed by atoms with Gasteiger partial charge in [-0.05, 0) is 7.05 Å². The van der Waals surface area contributed by atoms with Gasteiger partial charge in [0.1, 0.15) is 0 Å². The number of hydrogen-bond donors (Lipinski definition) is 2. The summed E-state index contributed by atoms with van der Waals surface area (Å²) in [5.41, 5.74) is 5.89. The van der Waals surface area contributed by atoms with Crippen molar-refractivity contribution < 1.29 is 25.2 Å². The van der Waals surface area contributed by atoms with Gasteiger partial charge >= 0.3 is 33.0 Å². The van der Waals surface area contributed by atoms with Crippen LogP contribution in [-0.4, -0.2) is 48.2 Å². The molecule has 13 heteroatoms. The van der Waals surface area contributed by atoms with E-state index in [4.69, 9.17) is 0 Å². The van der Waals surface area contributed by atoms with Crippen molar-refractivity contribution in [2.24, 2.45) is 0 Å². The molecule has 0 atom stereocenters. The monoisotopic (exact) mass is 342 g/mol. The van der Waals surface area contributed by atoms with Gasteiger partial charge in [0.05, 0.1) is 0 Å². The number of nitrogens with zero attached hydrogens (tertiary/aromatic N) is 4. The minimum atomic E-state index is -10.7. The fourth-order valence-electron chi connectivity index (χ4n) is 0.983. The Kier molecular flexibility index (Phi) is 5.39. The van der Waals surface area contributed by atoms with E-state index >= 15 is 0 Å². The maximum absolute atomic E-state index is 10.7. The van der Waals surface area contributed by atoms with Crippen molar-refractivity contribution in [3.63, 3.8) is 0 Å². The number of nitrogens with one attached hydrogen (secondary N) is 2. The van der Waals surface area contributed by atoms with Gasteiger partial charge in [0.25, 0.3) is 0 Å². The molecule has 0 bridgehead atoms. The standard InChI is InChI=1S/C4H9N3.C4H8N3.F6P/c2*1-6-3-4-7(2)5-6;1-7(2,3,4,5)6/h3-5H,1-2H3;3,5H,1-2H3;/q;2*-1. The second-order valence-corrected chi connectivity index (χ2v) is 6.02. The zero-order chi connectivity index (χ0) is 17.0. The van der Waals surface area contributed by atoms with Gasteiger partial charge in [-0.2, -0.15) is 5.53 Å². The molecule has 0 amide bonds. The molecule has 2 aliphatic rings. The van der Waals surface area contributed by atoms with Gasteiger partial charge in [-0.25, -0.2) is 0 Å². The third-order valence-electron chi connectivity index (χ3n) is 1.58. The van der Waals surface area contributed by atoms with E-state index in [2.05, 4.69) is 17.3 Å². The SMILES string of the molecule is CN1C=CN(C)N1.CN1[C-]=CN(C)N1.F[P-](F)(F)(F)(F)F. The zero-order valence-corrected chi connectivity index (χ0v) is 12.6. The topological polar surface area (TPSA) is 37.0 Å². The first-order chi connectivity index (χ1) is 9.02. The normalized spacial score (nSPS) is 20.5. The van der Waals surface area contributed by atoms with E-state index in [1.54, 1.807) is 5.01 Å². The summed E-state index contributed by atoms with van der Waals surface area (Å²) >= 11 is 0.